The lowest BCUT2D eigenvalue weighted by atomic mass is 9.98. The van der Waals surface area contributed by atoms with E-state index in [-0.39, 0.29) is 0 Å². The molecule has 0 amide bonds. The van der Waals surface area contributed by atoms with E-state index in [1.165, 1.54) is 22.1 Å². The molecule has 0 saturated carbocycles. The van der Waals surface area contributed by atoms with E-state index in [1.54, 1.807) is 0 Å². The molecule has 0 unspecified atom stereocenters. The first-order chi connectivity index (χ1) is 27.2. The van der Waals surface area contributed by atoms with Crippen LogP contribution in [0.5, 0.6) is 0 Å². The third-order valence-corrected chi connectivity index (χ3v) is 10.9. The fraction of sp³-hybridized carbons (Fsp3) is 0. The lowest BCUT2D eigenvalue weighted by Gasteiger charge is -2.26. The van der Waals surface area contributed by atoms with Crippen LogP contribution in [-0.4, -0.2) is 0 Å². The maximum absolute atomic E-state index is 6.22. The van der Waals surface area contributed by atoms with Gasteiger partial charge in [-0.25, -0.2) is 0 Å². The smallest absolute Gasteiger partial charge is 0.136 e. The molecule has 3 nitrogen and oxygen atoms in total. The quantitative estimate of drug-likeness (QED) is 0.173. The Morgan fingerprint density at radius 3 is 1.53 bits per heavy atom. The van der Waals surface area contributed by atoms with Crippen molar-refractivity contribution in [2.45, 2.75) is 0 Å². The molecule has 9 aromatic carbocycles. The van der Waals surface area contributed by atoms with Gasteiger partial charge in [-0.15, -0.1) is 0 Å². The summed E-state index contributed by atoms with van der Waals surface area (Å²) in [6.45, 7) is 0. The summed E-state index contributed by atoms with van der Waals surface area (Å²) in [5, 5.41) is 6.93. The zero-order valence-corrected chi connectivity index (χ0v) is 29.8. The SMILES string of the molecule is c1ccc(-c2ccc(N(c3ccc(-c4ccc5cc6c(cc5c4)oc4ccccc46)cc3)c3ccc(-c4cccc5oc6ccccc6c45)cc3)cc2)cc1. The van der Waals surface area contributed by atoms with Crippen molar-refractivity contribution in [3.05, 3.63) is 200 Å². The molecule has 0 aliphatic heterocycles. The molecule has 11 aromatic rings. The molecule has 55 heavy (non-hydrogen) atoms. The van der Waals surface area contributed by atoms with Crippen molar-refractivity contribution in [1.29, 1.82) is 0 Å². The van der Waals surface area contributed by atoms with Crippen molar-refractivity contribution in [2.24, 2.45) is 0 Å². The standard InChI is InChI=1S/C52H33NO2/c1-2-9-34(10-3-1)35-19-25-41(26-20-35)53(43-29-23-37(24-30-43)44-13-8-16-50-52(44)46-12-5-7-15-49(46)54-50)42-27-21-36(22-28-42)38-17-18-39-32-47-45-11-4-6-14-48(45)55-51(47)33-40(39)31-38/h1-33H. The summed E-state index contributed by atoms with van der Waals surface area (Å²) in [5.41, 5.74) is 13.9. The van der Waals surface area contributed by atoms with E-state index in [0.717, 1.165) is 83.0 Å². The minimum absolute atomic E-state index is 0.900. The van der Waals surface area contributed by atoms with Crippen LogP contribution in [-0.2, 0) is 0 Å². The third-order valence-electron chi connectivity index (χ3n) is 10.9. The van der Waals surface area contributed by atoms with Gasteiger partial charge in [-0.05, 0) is 117 Å². The highest BCUT2D eigenvalue weighted by Crippen LogP contribution is 2.41. The van der Waals surface area contributed by atoms with Gasteiger partial charge in [0.25, 0.3) is 0 Å². The van der Waals surface area contributed by atoms with Crippen molar-refractivity contribution < 1.29 is 8.83 Å². The van der Waals surface area contributed by atoms with Crippen molar-refractivity contribution in [1.82, 2.24) is 0 Å². The highest BCUT2D eigenvalue weighted by atomic mass is 16.3. The monoisotopic (exact) mass is 703 g/mol. The van der Waals surface area contributed by atoms with Gasteiger partial charge >= 0.3 is 0 Å². The number of hydrogen-bond donors (Lipinski definition) is 0. The van der Waals surface area contributed by atoms with Crippen LogP contribution in [0.4, 0.5) is 17.1 Å². The lowest BCUT2D eigenvalue weighted by molar-refractivity contribution is 0.669. The molecular formula is C52H33NO2. The van der Waals surface area contributed by atoms with Crippen LogP contribution in [0, 0.1) is 0 Å². The number of fused-ring (bicyclic) bond motifs is 7. The van der Waals surface area contributed by atoms with Gasteiger partial charge in [-0.3, -0.25) is 0 Å². The fourth-order valence-electron chi connectivity index (χ4n) is 8.14. The van der Waals surface area contributed by atoms with Gasteiger partial charge in [0.2, 0.25) is 0 Å². The van der Waals surface area contributed by atoms with Gasteiger partial charge in [0.1, 0.15) is 22.3 Å². The molecule has 0 bridgehead atoms. The fourth-order valence-corrected chi connectivity index (χ4v) is 8.14. The molecular weight excluding hydrogens is 671 g/mol. The maximum Gasteiger partial charge on any atom is 0.136 e. The number of anilines is 3. The van der Waals surface area contributed by atoms with Crippen molar-refractivity contribution in [3.8, 4) is 33.4 Å². The molecule has 0 atom stereocenters. The zero-order chi connectivity index (χ0) is 36.3. The van der Waals surface area contributed by atoms with E-state index in [9.17, 15) is 0 Å². The Labute approximate surface area is 317 Å². The molecule has 258 valence electrons. The minimum atomic E-state index is 0.900. The van der Waals surface area contributed by atoms with Crippen molar-refractivity contribution in [2.75, 3.05) is 4.90 Å². The first-order valence-electron chi connectivity index (χ1n) is 18.7. The molecule has 0 spiro atoms. The number of furan rings is 2. The second-order valence-electron chi connectivity index (χ2n) is 14.1. The molecule has 0 saturated heterocycles. The molecule has 0 aliphatic carbocycles. The number of rotatable bonds is 6. The summed E-state index contributed by atoms with van der Waals surface area (Å²) in [5.74, 6) is 0. The second kappa shape index (κ2) is 12.6. The van der Waals surface area contributed by atoms with Gasteiger partial charge in [-0.1, -0.05) is 127 Å². The lowest BCUT2D eigenvalue weighted by Crippen LogP contribution is -2.09. The molecule has 11 rings (SSSR count). The van der Waals surface area contributed by atoms with E-state index >= 15 is 0 Å². The molecule has 3 heteroatoms. The van der Waals surface area contributed by atoms with Crippen LogP contribution in [0.1, 0.15) is 0 Å². The van der Waals surface area contributed by atoms with Gasteiger partial charge in [0.15, 0.2) is 0 Å². The summed E-state index contributed by atoms with van der Waals surface area (Å²) in [4.78, 5) is 2.33. The molecule has 0 radical (unpaired) electrons. The molecule has 0 N–H and O–H groups in total. The summed E-state index contributed by atoms with van der Waals surface area (Å²) < 4.78 is 12.4. The summed E-state index contributed by atoms with van der Waals surface area (Å²) in [7, 11) is 0. The number of nitrogens with zero attached hydrogens (tertiary/aromatic N) is 1. The Balaban J connectivity index is 0.973. The van der Waals surface area contributed by atoms with Gasteiger partial charge in [0, 0.05) is 38.6 Å². The topological polar surface area (TPSA) is 29.5 Å². The predicted octanol–water partition coefficient (Wildman–Crippen LogP) is 15.1. The number of hydrogen-bond acceptors (Lipinski definition) is 3. The maximum atomic E-state index is 6.22. The summed E-state index contributed by atoms with van der Waals surface area (Å²) >= 11 is 0. The molecule has 2 aromatic heterocycles. The normalized spacial score (nSPS) is 11.6. The first kappa shape index (κ1) is 31.2. The number of para-hydroxylation sites is 2. The van der Waals surface area contributed by atoms with E-state index < -0.39 is 0 Å². The second-order valence-corrected chi connectivity index (χ2v) is 14.1. The third kappa shape index (κ3) is 5.36. The minimum Gasteiger partial charge on any atom is -0.456 e. The zero-order valence-electron chi connectivity index (χ0n) is 29.8. The summed E-state index contributed by atoms with van der Waals surface area (Å²) in [6, 6.07) is 71.1. The highest BCUT2D eigenvalue weighted by Gasteiger charge is 2.16. The van der Waals surface area contributed by atoms with Crippen LogP contribution in [0.3, 0.4) is 0 Å². The Morgan fingerprint density at radius 1 is 0.291 bits per heavy atom. The highest BCUT2D eigenvalue weighted by molar-refractivity contribution is 6.13. The largest absolute Gasteiger partial charge is 0.456 e. The average molecular weight is 704 g/mol. The number of benzene rings is 9. The van der Waals surface area contributed by atoms with E-state index in [1.807, 2.05) is 24.3 Å². The molecule has 0 aliphatic rings. The van der Waals surface area contributed by atoms with Gasteiger partial charge < -0.3 is 13.7 Å². The Hall–Kier alpha value is -7.36. The van der Waals surface area contributed by atoms with Gasteiger partial charge in [-0.2, -0.15) is 0 Å². The predicted molar refractivity (Wildman–Crippen MR) is 229 cm³/mol. The van der Waals surface area contributed by atoms with Gasteiger partial charge in [0.05, 0.1) is 0 Å². The van der Waals surface area contributed by atoms with Crippen LogP contribution in [0.15, 0.2) is 209 Å². The Kier molecular flexibility index (Phi) is 7.17. The van der Waals surface area contributed by atoms with Crippen LogP contribution in [0.2, 0.25) is 0 Å². The van der Waals surface area contributed by atoms with Crippen molar-refractivity contribution >= 4 is 71.7 Å². The van der Waals surface area contributed by atoms with E-state index in [0.29, 0.717) is 0 Å². The van der Waals surface area contributed by atoms with E-state index in [4.69, 9.17) is 8.83 Å². The van der Waals surface area contributed by atoms with Crippen LogP contribution < -0.4 is 4.90 Å². The van der Waals surface area contributed by atoms with Crippen molar-refractivity contribution in [3.63, 3.8) is 0 Å². The van der Waals surface area contributed by atoms with E-state index in [2.05, 4.69) is 181 Å². The average Bonchev–Trinajstić information content (AvgIpc) is 3.82. The van der Waals surface area contributed by atoms with Crippen LogP contribution >= 0.6 is 0 Å². The molecule has 2 heterocycles. The Morgan fingerprint density at radius 2 is 0.818 bits per heavy atom. The van der Waals surface area contributed by atoms with Crippen LogP contribution in [0.25, 0.3) is 88.0 Å². The molecule has 0 fully saturated rings. The Bertz CT molecular complexity index is 3170. The summed E-state index contributed by atoms with van der Waals surface area (Å²) in [6.07, 6.45) is 0. The first-order valence-corrected chi connectivity index (χ1v) is 18.7.